The summed E-state index contributed by atoms with van der Waals surface area (Å²) in [7, 11) is 3.99. The minimum atomic E-state index is -0.245. The summed E-state index contributed by atoms with van der Waals surface area (Å²) in [6.45, 7) is 0.210. The van der Waals surface area contributed by atoms with E-state index in [9.17, 15) is 4.79 Å². The third-order valence-electron chi connectivity index (χ3n) is 5.96. The van der Waals surface area contributed by atoms with Crippen LogP contribution in [0.1, 0.15) is 25.7 Å². The largest absolute Gasteiger partial charge is 0.454 e. The fourth-order valence-corrected chi connectivity index (χ4v) is 5.07. The first-order chi connectivity index (χ1) is 16.5. The van der Waals surface area contributed by atoms with Crippen molar-refractivity contribution in [2.24, 2.45) is 0 Å². The number of rotatable bonds is 6. The zero-order valence-corrected chi connectivity index (χ0v) is 20.0. The van der Waals surface area contributed by atoms with Gasteiger partial charge in [-0.3, -0.25) is 4.72 Å². The lowest BCUT2D eigenvalue weighted by Crippen LogP contribution is -2.31. The highest BCUT2D eigenvalue weighted by Crippen LogP contribution is 2.34. The molecule has 0 spiro atoms. The predicted octanol–water partition coefficient (Wildman–Crippen LogP) is 4.62. The minimum Gasteiger partial charge on any atom is -0.454 e. The number of urea groups is 1. The maximum Gasteiger partial charge on any atom is 0.329 e. The summed E-state index contributed by atoms with van der Waals surface area (Å²) >= 11 is 1.48. The lowest BCUT2D eigenvalue weighted by Gasteiger charge is -2.29. The molecule has 0 unspecified atom stereocenters. The number of aromatic nitrogens is 2. The van der Waals surface area contributed by atoms with Gasteiger partial charge in [-0.05, 0) is 61.9 Å². The second kappa shape index (κ2) is 9.84. The number of fused-ring (bicyclic) bond motifs is 2. The van der Waals surface area contributed by atoms with Crippen LogP contribution in [-0.2, 0) is 0 Å². The Morgan fingerprint density at radius 3 is 2.65 bits per heavy atom. The number of hydrogen-bond donors (Lipinski definition) is 3. The molecule has 1 aliphatic carbocycles. The third-order valence-corrected chi connectivity index (χ3v) is 7.07. The summed E-state index contributed by atoms with van der Waals surface area (Å²) in [4.78, 5) is 23.8. The Labute approximate surface area is 202 Å². The first kappa shape index (κ1) is 22.4. The lowest BCUT2D eigenvalue weighted by atomic mass is 9.95. The highest BCUT2D eigenvalue weighted by Gasteiger charge is 2.23. The van der Waals surface area contributed by atoms with Crippen LogP contribution in [0.25, 0.3) is 10.9 Å². The summed E-state index contributed by atoms with van der Waals surface area (Å²) in [5, 5.41) is 7.78. The van der Waals surface area contributed by atoms with E-state index in [0.29, 0.717) is 34.4 Å². The number of carbonyl (C=O) groups excluding carboxylic acids is 1. The molecule has 0 saturated heterocycles. The fourth-order valence-electron chi connectivity index (χ4n) is 4.24. The molecular formula is C24H28N6O3S. The van der Waals surface area contributed by atoms with Gasteiger partial charge in [-0.25, -0.2) is 9.78 Å². The van der Waals surface area contributed by atoms with Crippen LogP contribution in [0.2, 0.25) is 0 Å². The summed E-state index contributed by atoms with van der Waals surface area (Å²) in [6, 6.07) is 13.5. The zero-order valence-electron chi connectivity index (χ0n) is 19.2. The van der Waals surface area contributed by atoms with E-state index in [1.54, 1.807) is 18.2 Å². The van der Waals surface area contributed by atoms with E-state index in [-0.39, 0.29) is 12.8 Å². The molecule has 5 rings (SSSR count). The van der Waals surface area contributed by atoms with Crippen molar-refractivity contribution >= 4 is 46.3 Å². The van der Waals surface area contributed by atoms with Gasteiger partial charge in [0.1, 0.15) is 5.82 Å². The Kier molecular flexibility index (Phi) is 6.48. The van der Waals surface area contributed by atoms with Gasteiger partial charge in [-0.2, -0.15) is 4.98 Å². The normalized spacial score (nSPS) is 19.0. The van der Waals surface area contributed by atoms with Gasteiger partial charge in [-0.1, -0.05) is 12.1 Å². The predicted molar refractivity (Wildman–Crippen MR) is 136 cm³/mol. The molecule has 2 amide bonds. The Hall–Kier alpha value is -3.40. The molecule has 178 valence electrons. The molecule has 2 aromatic carbocycles. The van der Waals surface area contributed by atoms with Crippen molar-refractivity contribution in [3.63, 3.8) is 0 Å². The highest BCUT2D eigenvalue weighted by molar-refractivity contribution is 7.98. The highest BCUT2D eigenvalue weighted by atomic mass is 32.2. The topological polar surface area (TPSA) is 101 Å². The van der Waals surface area contributed by atoms with Gasteiger partial charge in [0.15, 0.2) is 11.5 Å². The molecule has 10 heteroatoms. The van der Waals surface area contributed by atoms with Gasteiger partial charge >= 0.3 is 6.03 Å². The molecule has 3 N–H and O–H groups in total. The summed E-state index contributed by atoms with van der Waals surface area (Å²) < 4.78 is 13.6. The molecule has 1 fully saturated rings. The monoisotopic (exact) mass is 480 g/mol. The van der Waals surface area contributed by atoms with Gasteiger partial charge in [0.25, 0.3) is 0 Å². The molecule has 1 aliphatic heterocycles. The van der Waals surface area contributed by atoms with E-state index in [4.69, 9.17) is 19.4 Å². The molecule has 1 aromatic heterocycles. The summed E-state index contributed by atoms with van der Waals surface area (Å²) in [5.41, 5.74) is 1.60. The molecule has 2 heterocycles. The van der Waals surface area contributed by atoms with Gasteiger partial charge in [0.2, 0.25) is 12.7 Å². The summed E-state index contributed by atoms with van der Waals surface area (Å²) in [6.07, 6.45) is 3.99. The minimum absolute atomic E-state index is 0.210. The van der Waals surface area contributed by atoms with Crippen molar-refractivity contribution in [2.45, 2.75) is 37.0 Å². The van der Waals surface area contributed by atoms with Crippen LogP contribution < -0.4 is 29.7 Å². The second-order valence-electron chi connectivity index (χ2n) is 8.64. The second-order valence-corrected chi connectivity index (χ2v) is 9.75. The number of nitrogens with one attached hydrogen (secondary N) is 3. The average Bonchev–Trinajstić information content (AvgIpc) is 3.31. The van der Waals surface area contributed by atoms with Gasteiger partial charge in [-0.15, -0.1) is 0 Å². The van der Waals surface area contributed by atoms with E-state index in [0.717, 1.165) is 42.4 Å². The fraction of sp³-hybridized carbons (Fsp3) is 0.375. The quantitative estimate of drug-likeness (QED) is 0.440. The molecule has 9 nitrogen and oxygen atoms in total. The smallest absolute Gasteiger partial charge is 0.329 e. The SMILES string of the molecule is CN(C)c1nc(N[C@H]2CC[C@@H](SNC(=O)Nc3ccc4c(c3)OCO4)CC2)nc2ccccc12. The number of anilines is 3. The van der Waals surface area contributed by atoms with Crippen molar-refractivity contribution in [2.75, 3.05) is 36.4 Å². The lowest BCUT2D eigenvalue weighted by molar-refractivity contribution is 0.174. The Balaban J connectivity index is 1.10. The van der Waals surface area contributed by atoms with Crippen LogP contribution in [0, 0.1) is 0 Å². The van der Waals surface area contributed by atoms with Gasteiger partial charge in [0.05, 0.1) is 5.52 Å². The van der Waals surface area contributed by atoms with Crippen molar-refractivity contribution < 1.29 is 14.3 Å². The molecule has 0 atom stereocenters. The van der Waals surface area contributed by atoms with Crippen molar-refractivity contribution in [1.82, 2.24) is 14.7 Å². The van der Waals surface area contributed by atoms with Crippen molar-refractivity contribution in [1.29, 1.82) is 0 Å². The standard InChI is InChI=1S/C24H28N6O3S/c1-30(2)22-18-5-3-4-6-19(18)27-23(28-22)25-15-7-10-17(11-8-15)34-29-24(31)26-16-9-12-20-21(13-16)33-14-32-20/h3-6,9,12-13,15,17H,7-8,10-11,14H2,1-2H3,(H,25,27,28)(H2,26,29,31)/t15-,17+. The maximum absolute atomic E-state index is 12.3. The van der Waals surface area contributed by atoms with Crippen LogP contribution >= 0.6 is 11.9 Å². The number of hydrogen-bond acceptors (Lipinski definition) is 8. The van der Waals surface area contributed by atoms with E-state index < -0.39 is 0 Å². The van der Waals surface area contributed by atoms with Gasteiger partial charge in [0, 0.05) is 42.5 Å². The van der Waals surface area contributed by atoms with E-state index >= 15 is 0 Å². The van der Waals surface area contributed by atoms with E-state index in [1.165, 1.54) is 11.9 Å². The number of carbonyl (C=O) groups is 1. The Bertz CT molecular complexity index is 1180. The molecule has 0 radical (unpaired) electrons. The van der Waals surface area contributed by atoms with Crippen LogP contribution in [0.15, 0.2) is 42.5 Å². The number of nitrogens with zero attached hydrogens (tertiary/aromatic N) is 3. The van der Waals surface area contributed by atoms with Crippen LogP contribution in [-0.4, -0.2) is 48.2 Å². The number of para-hydroxylation sites is 1. The first-order valence-corrected chi connectivity index (χ1v) is 12.3. The number of ether oxygens (including phenoxy) is 2. The molecule has 3 aromatic rings. The third kappa shape index (κ3) is 5.06. The van der Waals surface area contributed by atoms with Crippen molar-refractivity contribution in [3.8, 4) is 11.5 Å². The van der Waals surface area contributed by atoms with E-state index in [1.807, 2.05) is 43.3 Å². The number of amides is 2. The van der Waals surface area contributed by atoms with E-state index in [2.05, 4.69) is 15.4 Å². The van der Waals surface area contributed by atoms with Crippen LogP contribution in [0.4, 0.5) is 22.2 Å². The molecule has 34 heavy (non-hydrogen) atoms. The van der Waals surface area contributed by atoms with Crippen LogP contribution in [0.5, 0.6) is 11.5 Å². The molecule has 1 saturated carbocycles. The zero-order chi connectivity index (χ0) is 23.5. The molecular weight excluding hydrogens is 452 g/mol. The summed E-state index contributed by atoms with van der Waals surface area (Å²) in [5.74, 6) is 2.91. The molecule has 0 bridgehead atoms. The first-order valence-electron chi connectivity index (χ1n) is 11.4. The van der Waals surface area contributed by atoms with Crippen LogP contribution in [0.3, 0.4) is 0 Å². The molecule has 2 aliphatic rings. The maximum atomic E-state index is 12.3. The van der Waals surface area contributed by atoms with Crippen molar-refractivity contribution in [3.05, 3.63) is 42.5 Å². The number of benzene rings is 2. The average molecular weight is 481 g/mol. The van der Waals surface area contributed by atoms with Gasteiger partial charge < -0.3 is 25.0 Å². The Morgan fingerprint density at radius 2 is 1.82 bits per heavy atom. The Morgan fingerprint density at radius 1 is 1.03 bits per heavy atom.